The van der Waals surface area contributed by atoms with Crippen LogP contribution in [0.2, 0.25) is 0 Å². The Morgan fingerprint density at radius 3 is 2.30 bits per heavy atom. The molecule has 7 aliphatic carbocycles. The lowest BCUT2D eigenvalue weighted by atomic mass is 9.64. The van der Waals surface area contributed by atoms with Crippen LogP contribution in [0.15, 0.2) is 223 Å². The number of hydrogen-bond donors (Lipinski definition) is 0. The van der Waals surface area contributed by atoms with Crippen molar-refractivity contribution in [1.29, 1.82) is 0 Å². The van der Waals surface area contributed by atoms with Crippen molar-refractivity contribution in [1.82, 2.24) is 0 Å². The van der Waals surface area contributed by atoms with Crippen molar-refractivity contribution in [2.45, 2.75) is 49.1 Å². The van der Waals surface area contributed by atoms with Gasteiger partial charge in [-0.2, -0.15) is 0 Å². The first-order valence-corrected chi connectivity index (χ1v) is 23.5. The average molecular weight is 827 g/mol. The number of para-hydroxylation sites is 1. The zero-order chi connectivity index (χ0) is 41.5. The molecule has 3 heteroatoms. The minimum Gasteiger partial charge on any atom is -0.358 e. The molecule has 7 aliphatic rings. The molecule has 5 aromatic carbocycles. The molecule has 63 heavy (non-hydrogen) atoms. The van der Waals surface area contributed by atoms with Gasteiger partial charge < -0.3 is 9.80 Å². The highest BCUT2D eigenvalue weighted by molar-refractivity contribution is 7.20. The summed E-state index contributed by atoms with van der Waals surface area (Å²) in [5.41, 5.74) is 20.4. The number of thiophene rings is 1. The maximum atomic E-state index is 3.65. The van der Waals surface area contributed by atoms with Crippen molar-refractivity contribution in [3.8, 4) is 11.1 Å². The molecule has 0 fully saturated rings. The summed E-state index contributed by atoms with van der Waals surface area (Å²) in [6, 6.07) is 44.2. The maximum Gasteiger partial charge on any atom is 0.0891 e. The second kappa shape index (κ2) is 14.6. The standard InChI is InChI=1S/C60H46N2S/c1-3-17-42(18-4-1)61(43-19-5-2-6-20-43)45-36-33-40(34-37-45)41-35-38-47-46-23-9-12-27-51(46)60(54(47)39-41)52-28-13-10-25-50(52)58-53(60)29-16-30-55(58)62(44-21-7-8-22-44)56-31-15-26-49-48-24-11-14-32-57(48)63-59(49)56/h1-13,15-19,21,23-31,33-36,38-39,43,45,47,54H,14,20,32,37H2. The van der Waals surface area contributed by atoms with E-state index in [9.17, 15) is 0 Å². The predicted molar refractivity (Wildman–Crippen MR) is 265 cm³/mol. The Kier molecular flexibility index (Phi) is 8.51. The summed E-state index contributed by atoms with van der Waals surface area (Å²) < 4.78 is 1.34. The maximum absolute atomic E-state index is 3.65. The first-order chi connectivity index (χ1) is 31.3. The number of allylic oxidation sites excluding steroid dienone is 11. The summed E-state index contributed by atoms with van der Waals surface area (Å²) in [6.07, 6.45) is 39.2. The molecule has 0 N–H and O–H groups in total. The molecule has 2 nitrogen and oxygen atoms in total. The van der Waals surface area contributed by atoms with Gasteiger partial charge in [0.15, 0.2) is 0 Å². The van der Waals surface area contributed by atoms with Crippen molar-refractivity contribution in [2.75, 3.05) is 9.80 Å². The number of nitrogens with zero attached hydrogens (tertiary/aromatic N) is 2. The summed E-state index contributed by atoms with van der Waals surface area (Å²) in [7, 11) is 0. The highest BCUT2D eigenvalue weighted by atomic mass is 32.1. The largest absolute Gasteiger partial charge is 0.358 e. The lowest BCUT2D eigenvalue weighted by molar-refractivity contribution is 0.463. The van der Waals surface area contributed by atoms with Gasteiger partial charge >= 0.3 is 0 Å². The van der Waals surface area contributed by atoms with Gasteiger partial charge in [-0.25, -0.2) is 0 Å². The number of rotatable bonds is 7. The van der Waals surface area contributed by atoms with Crippen molar-refractivity contribution in [2.24, 2.45) is 5.92 Å². The van der Waals surface area contributed by atoms with Gasteiger partial charge in [0.1, 0.15) is 0 Å². The van der Waals surface area contributed by atoms with Gasteiger partial charge in [-0.1, -0.05) is 176 Å². The normalized spacial score (nSPS) is 23.9. The SMILES string of the molecule is C1=CC=CC=1N(c1cccc2c1-c1ccccc1C21c2ccccc2C2C=CC(C3=CCC(N(c4ccccc4)C4C=CC=CC4)C=C3)=CC21)c1cccc2c3c(sc12)CCC=C3. The minimum atomic E-state index is -0.369. The van der Waals surface area contributed by atoms with Crippen molar-refractivity contribution >= 4 is 44.6 Å². The van der Waals surface area contributed by atoms with Crippen LogP contribution in [0.4, 0.5) is 17.1 Å². The van der Waals surface area contributed by atoms with E-state index >= 15 is 0 Å². The predicted octanol–water partition coefficient (Wildman–Crippen LogP) is 14.8. The first kappa shape index (κ1) is 36.7. The van der Waals surface area contributed by atoms with Crippen LogP contribution < -0.4 is 9.80 Å². The summed E-state index contributed by atoms with van der Waals surface area (Å²) in [4.78, 5) is 6.61. The fourth-order valence-corrected chi connectivity index (χ4v) is 13.4. The van der Waals surface area contributed by atoms with Crippen LogP contribution in [0, 0.1) is 5.92 Å². The highest BCUT2D eigenvalue weighted by Crippen LogP contribution is 2.67. The molecule has 0 radical (unpaired) electrons. The van der Waals surface area contributed by atoms with Gasteiger partial charge in [-0.3, -0.25) is 0 Å². The molecule has 1 heterocycles. The second-order valence-corrected chi connectivity index (χ2v) is 18.9. The smallest absolute Gasteiger partial charge is 0.0891 e. The van der Waals surface area contributed by atoms with E-state index in [4.69, 9.17) is 0 Å². The van der Waals surface area contributed by atoms with Crippen LogP contribution in [0.25, 0.3) is 27.3 Å². The summed E-state index contributed by atoms with van der Waals surface area (Å²) in [5.74, 6) is 0.449. The van der Waals surface area contributed by atoms with Gasteiger partial charge in [0.25, 0.3) is 0 Å². The van der Waals surface area contributed by atoms with E-state index in [2.05, 4.69) is 222 Å². The molecule has 6 aromatic rings. The molecule has 5 atom stereocenters. The molecule has 302 valence electrons. The molecular weight excluding hydrogens is 781 g/mol. The molecule has 0 saturated heterocycles. The average Bonchev–Trinajstić information content (AvgIpc) is 4.14. The highest BCUT2D eigenvalue weighted by Gasteiger charge is 2.58. The lowest BCUT2D eigenvalue weighted by Crippen LogP contribution is -2.42. The molecule has 1 aromatic heterocycles. The van der Waals surface area contributed by atoms with Crippen molar-refractivity contribution < 1.29 is 0 Å². The Labute approximate surface area is 374 Å². The van der Waals surface area contributed by atoms with Gasteiger partial charge in [-0.05, 0) is 107 Å². The molecule has 0 amide bonds. The van der Waals surface area contributed by atoms with Crippen LogP contribution in [-0.2, 0) is 11.8 Å². The molecular formula is C60H46N2S. The summed E-state index contributed by atoms with van der Waals surface area (Å²) in [6.45, 7) is 0. The Morgan fingerprint density at radius 1 is 0.635 bits per heavy atom. The monoisotopic (exact) mass is 826 g/mol. The van der Waals surface area contributed by atoms with Gasteiger partial charge in [-0.15, -0.1) is 11.3 Å². The quantitative estimate of drug-likeness (QED) is 0.148. The van der Waals surface area contributed by atoms with Crippen LogP contribution in [0.3, 0.4) is 0 Å². The Bertz CT molecular complexity index is 3210. The van der Waals surface area contributed by atoms with Gasteiger partial charge in [0.05, 0.1) is 39.3 Å². The molecule has 5 unspecified atom stereocenters. The number of fused-ring (bicyclic) bond motifs is 13. The third kappa shape index (κ3) is 5.50. The second-order valence-electron chi connectivity index (χ2n) is 17.8. The zero-order valence-electron chi connectivity index (χ0n) is 35.1. The Hall–Kier alpha value is -6.90. The summed E-state index contributed by atoms with van der Waals surface area (Å²) in [5, 5.41) is 1.34. The third-order valence-corrected chi connectivity index (χ3v) is 15.9. The fraction of sp³-hybridized carbons (Fsp3) is 0.150. The number of benzene rings is 5. The fourth-order valence-electron chi connectivity index (χ4n) is 12.1. The number of aryl methyl sites for hydroxylation is 1. The van der Waals surface area contributed by atoms with E-state index in [0.717, 1.165) is 31.4 Å². The molecule has 0 saturated carbocycles. The summed E-state index contributed by atoms with van der Waals surface area (Å²) >= 11 is 1.97. The van der Waals surface area contributed by atoms with E-state index < -0.39 is 0 Å². The molecule has 1 spiro atoms. The minimum absolute atomic E-state index is 0.192. The van der Waals surface area contributed by atoms with Crippen LogP contribution in [0.1, 0.15) is 57.9 Å². The van der Waals surface area contributed by atoms with Gasteiger partial charge in [0, 0.05) is 33.4 Å². The molecule has 0 bridgehead atoms. The first-order valence-electron chi connectivity index (χ1n) is 22.7. The number of hydrogen-bond acceptors (Lipinski definition) is 3. The van der Waals surface area contributed by atoms with Crippen LogP contribution in [-0.4, -0.2) is 12.1 Å². The van der Waals surface area contributed by atoms with E-state index in [1.54, 1.807) is 0 Å². The van der Waals surface area contributed by atoms with E-state index in [1.165, 1.54) is 82.1 Å². The third-order valence-electron chi connectivity index (χ3n) is 14.6. The van der Waals surface area contributed by atoms with E-state index in [1.807, 2.05) is 11.3 Å². The van der Waals surface area contributed by atoms with Crippen LogP contribution >= 0.6 is 11.3 Å². The Balaban J connectivity index is 0.954. The van der Waals surface area contributed by atoms with Crippen molar-refractivity contribution in [3.63, 3.8) is 0 Å². The molecule has 0 aliphatic heterocycles. The topological polar surface area (TPSA) is 6.48 Å². The van der Waals surface area contributed by atoms with Crippen LogP contribution in [0.5, 0.6) is 0 Å². The van der Waals surface area contributed by atoms with E-state index in [-0.39, 0.29) is 23.3 Å². The number of anilines is 3. The molecule has 13 rings (SSSR count). The lowest BCUT2D eigenvalue weighted by Gasteiger charge is -2.39. The van der Waals surface area contributed by atoms with Gasteiger partial charge in [0.2, 0.25) is 0 Å². The zero-order valence-corrected chi connectivity index (χ0v) is 35.9. The van der Waals surface area contributed by atoms with Crippen molar-refractivity contribution in [3.05, 3.63) is 256 Å². The van der Waals surface area contributed by atoms with E-state index in [0.29, 0.717) is 6.04 Å². The Morgan fingerprint density at radius 2 is 1.44 bits per heavy atom.